The normalized spacial score (nSPS) is 33.6. The summed E-state index contributed by atoms with van der Waals surface area (Å²) in [5, 5.41) is 12.6. The van der Waals surface area contributed by atoms with Gasteiger partial charge in [-0.05, 0) is 26.3 Å². The highest BCUT2D eigenvalue weighted by Gasteiger charge is 2.45. The van der Waals surface area contributed by atoms with Crippen LogP contribution in [-0.4, -0.2) is 60.8 Å². The lowest BCUT2D eigenvalue weighted by molar-refractivity contribution is -0.147. The number of carboxylic acids is 1. The van der Waals surface area contributed by atoms with Crippen molar-refractivity contribution in [2.24, 2.45) is 11.3 Å². The number of ether oxygens (including phenoxy) is 1. The maximum absolute atomic E-state index is 12.5. The molecule has 6 heteroatoms. The molecule has 0 bridgehead atoms. The zero-order valence-electron chi connectivity index (χ0n) is 12.2. The summed E-state index contributed by atoms with van der Waals surface area (Å²) in [5.41, 5.74) is -0.804. The highest BCUT2D eigenvalue weighted by molar-refractivity contribution is 5.82. The summed E-state index contributed by atoms with van der Waals surface area (Å²) < 4.78 is 5.42. The predicted molar refractivity (Wildman–Crippen MR) is 73.3 cm³/mol. The van der Waals surface area contributed by atoms with Gasteiger partial charge in [0.2, 0.25) is 5.91 Å². The summed E-state index contributed by atoms with van der Waals surface area (Å²) in [6, 6.07) is 0.0548. The average Bonchev–Trinajstić information content (AvgIpc) is 3.03. The molecular formula is C14H24N2O4. The molecule has 3 unspecified atom stereocenters. The van der Waals surface area contributed by atoms with Crippen LogP contribution < -0.4 is 5.32 Å². The molecule has 1 amide bonds. The first kappa shape index (κ1) is 15.3. The van der Waals surface area contributed by atoms with Gasteiger partial charge in [0.15, 0.2) is 0 Å². The van der Waals surface area contributed by atoms with E-state index in [-0.39, 0.29) is 17.9 Å². The molecule has 2 heterocycles. The first-order chi connectivity index (χ1) is 9.48. The molecule has 2 aliphatic rings. The second kappa shape index (κ2) is 6.10. The van der Waals surface area contributed by atoms with Crippen LogP contribution in [-0.2, 0) is 14.3 Å². The molecule has 0 aliphatic carbocycles. The molecule has 3 atom stereocenters. The molecule has 6 nitrogen and oxygen atoms in total. The average molecular weight is 284 g/mol. The molecule has 2 N–H and O–H groups in total. The summed E-state index contributed by atoms with van der Waals surface area (Å²) in [5.74, 6) is -0.977. The van der Waals surface area contributed by atoms with E-state index in [4.69, 9.17) is 4.74 Å². The summed E-state index contributed by atoms with van der Waals surface area (Å²) in [4.78, 5) is 25.5. The van der Waals surface area contributed by atoms with Crippen LogP contribution in [0.4, 0.5) is 0 Å². The van der Waals surface area contributed by atoms with Crippen molar-refractivity contribution in [2.45, 2.75) is 32.7 Å². The molecular weight excluding hydrogens is 260 g/mol. The van der Waals surface area contributed by atoms with Gasteiger partial charge in [0.05, 0.1) is 24.5 Å². The summed E-state index contributed by atoms with van der Waals surface area (Å²) in [6.07, 6.45) is 1.53. The Bertz CT molecular complexity index is 387. The zero-order valence-corrected chi connectivity index (χ0v) is 12.2. The van der Waals surface area contributed by atoms with Crippen LogP contribution in [0, 0.1) is 11.3 Å². The van der Waals surface area contributed by atoms with E-state index in [1.807, 2.05) is 0 Å². The molecule has 0 spiro atoms. The largest absolute Gasteiger partial charge is 0.481 e. The number of rotatable bonds is 5. The molecule has 20 heavy (non-hydrogen) atoms. The number of likely N-dealkylation sites (tertiary alicyclic amines) is 1. The Morgan fingerprint density at radius 2 is 2.20 bits per heavy atom. The van der Waals surface area contributed by atoms with Crippen molar-refractivity contribution in [3.8, 4) is 0 Å². The Morgan fingerprint density at radius 3 is 2.80 bits per heavy atom. The maximum Gasteiger partial charge on any atom is 0.311 e. The molecule has 2 fully saturated rings. The third-order valence-corrected chi connectivity index (χ3v) is 4.36. The fourth-order valence-corrected chi connectivity index (χ4v) is 2.89. The number of carbonyl (C=O) groups is 2. The van der Waals surface area contributed by atoms with Crippen LogP contribution >= 0.6 is 0 Å². The van der Waals surface area contributed by atoms with Gasteiger partial charge in [-0.15, -0.1) is 0 Å². The number of nitrogens with zero attached hydrogens (tertiary/aromatic N) is 1. The van der Waals surface area contributed by atoms with Crippen LogP contribution in [0.2, 0.25) is 0 Å². The first-order valence-electron chi connectivity index (χ1n) is 7.31. The Balaban J connectivity index is 1.96. The fourth-order valence-electron chi connectivity index (χ4n) is 2.89. The highest BCUT2D eigenvalue weighted by Crippen LogP contribution is 2.31. The van der Waals surface area contributed by atoms with Crippen molar-refractivity contribution in [3.63, 3.8) is 0 Å². The lowest BCUT2D eigenvalue weighted by atomic mass is 9.90. The van der Waals surface area contributed by atoms with E-state index in [2.05, 4.69) is 12.2 Å². The van der Waals surface area contributed by atoms with E-state index in [0.717, 1.165) is 13.0 Å². The van der Waals surface area contributed by atoms with Crippen molar-refractivity contribution in [1.82, 2.24) is 10.2 Å². The zero-order chi connectivity index (χ0) is 14.8. The Kier molecular flexibility index (Phi) is 4.65. The molecule has 0 aromatic carbocycles. The molecule has 2 saturated heterocycles. The van der Waals surface area contributed by atoms with Gasteiger partial charge in [0.25, 0.3) is 0 Å². The van der Waals surface area contributed by atoms with E-state index >= 15 is 0 Å². The summed E-state index contributed by atoms with van der Waals surface area (Å²) >= 11 is 0. The van der Waals surface area contributed by atoms with Crippen LogP contribution in [0.25, 0.3) is 0 Å². The standard InChI is InChI=1S/C14H24N2O4/c1-3-5-15-11-8-20-7-10(11)12(17)16-6-4-14(2,9-16)13(18)19/h10-11,15H,3-9H2,1-2H3,(H,18,19). The van der Waals surface area contributed by atoms with Crippen LogP contribution in [0.3, 0.4) is 0 Å². The lowest BCUT2D eigenvalue weighted by Crippen LogP contribution is -2.46. The number of hydrogen-bond acceptors (Lipinski definition) is 4. The van der Waals surface area contributed by atoms with Gasteiger partial charge >= 0.3 is 5.97 Å². The quantitative estimate of drug-likeness (QED) is 0.760. The van der Waals surface area contributed by atoms with Gasteiger partial charge in [-0.25, -0.2) is 0 Å². The molecule has 0 saturated carbocycles. The van der Waals surface area contributed by atoms with Crippen molar-refractivity contribution in [1.29, 1.82) is 0 Å². The molecule has 114 valence electrons. The summed E-state index contributed by atoms with van der Waals surface area (Å²) in [7, 11) is 0. The number of hydrogen-bond donors (Lipinski definition) is 2. The highest BCUT2D eigenvalue weighted by atomic mass is 16.5. The molecule has 0 aromatic rings. The Morgan fingerprint density at radius 1 is 1.45 bits per heavy atom. The number of nitrogens with one attached hydrogen (secondary N) is 1. The smallest absolute Gasteiger partial charge is 0.311 e. The Hall–Kier alpha value is -1.14. The summed E-state index contributed by atoms with van der Waals surface area (Å²) in [6.45, 7) is 6.47. The second-order valence-corrected chi connectivity index (χ2v) is 6.08. The van der Waals surface area contributed by atoms with E-state index in [9.17, 15) is 14.7 Å². The van der Waals surface area contributed by atoms with Gasteiger partial charge in [-0.1, -0.05) is 6.92 Å². The number of amides is 1. The van der Waals surface area contributed by atoms with Crippen molar-refractivity contribution >= 4 is 11.9 Å². The van der Waals surface area contributed by atoms with Crippen molar-refractivity contribution in [3.05, 3.63) is 0 Å². The molecule has 2 aliphatic heterocycles. The van der Waals surface area contributed by atoms with Crippen LogP contribution in [0.15, 0.2) is 0 Å². The predicted octanol–water partition coefficient (Wildman–Crippen LogP) is 0.324. The second-order valence-electron chi connectivity index (χ2n) is 6.08. The fraction of sp³-hybridized carbons (Fsp3) is 0.857. The van der Waals surface area contributed by atoms with Crippen molar-refractivity contribution < 1.29 is 19.4 Å². The third-order valence-electron chi connectivity index (χ3n) is 4.36. The van der Waals surface area contributed by atoms with Gasteiger partial charge in [0, 0.05) is 19.1 Å². The van der Waals surface area contributed by atoms with Gasteiger partial charge in [-0.2, -0.15) is 0 Å². The SMILES string of the molecule is CCCNC1COCC1C(=O)N1CCC(C)(C(=O)O)C1. The lowest BCUT2D eigenvalue weighted by Gasteiger charge is -2.25. The van der Waals surface area contributed by atoms with Gasteiger partial charge in [-0.3, -0.25) is 9.59 Å². The minimum Gasteiger partial charge on any atom is -0.481 e. The van der Waals surface area contributed by atoms with Crippen LogP contribution in [0.5, 0.6) is 0 Å². The number of aliphatic carboxylic acids is 1. The van der Waals surface area contributed by atoms with E-state index in [1.54, 1.807) is 11.8 Å². The minimum absolute atomic E-state index is 0.0288. The van der Waals surface area contributed by atoms with E-state index in [0.29, 0.717) is 32.7 Å². The van der Waals surface area contributed by atoms with Gasteiger partial charge < -0.3 is 20.1 Å². The topological polar surface area (TPSA) is 78.9 Å². The molecule has 2 rings (SSSR count). The monoisotopic (exact) mass is 284 g/mol. The minimum atomic E-state index is -0.823. The maximum atomic E-state index is 12.5. The third kappa shape index (κ3) is 2.96. The Labute approximate surface area is 119 Å². The number of carboxylic acid groups (broad SMARTS) is 1. The molecule has 0 radical (unpaired) electrons. The van der Waals surface area contributed by atoms with E-state index in [1.165, 1.54) is 0 Å². The van der Waals surface area contributed by atoms with Crippen molar-refractivity contribution in [2.75, 3.05) is 32.8 Å². The first-order valence-corrected chi connectivity index (χ1v) is 7.31. The van der Waals surface area contributed by atoms with Crippen LogP contribution in [0.1, 0.15) is 26.7 Å². The molecule has 0 aromatic heterocycles. The number of carbonyl (C=O) groups excluding carboxylic acids is 1. The van der Waals surface area contributed by atoms with E-state index < -0.39 is 11.4 Å². The van der Waals surface area contributed by atoms with Gasteiger partial charge in [0.1, 0.15) is 0 Å².